The summed E-state index contributed by atoms with van der Waals surface area (Å²) in [5.41, 5.74) is 2.06. The van der Waals surface area contributed by atoms with E-state index in [1.165, 1.54) is 10.0 Å². The first-order valence-corrected chi connectivity index (χ1v) is 8.03. The Morgan fingerprint density at radius 3 is 2.63 bits per heavy atom. The first-order chi connectivity index (χ1) is 9.07. The SMILES string of the molecule is Cc1c(O)ccc2c1OC(C)([Se]c1ccccc1)C2. The van der Waals surface area contributed by atoms with Crippen LogP contribution in [-0.2, 0) is 6.42 Å². The first-order valence-electron chi connectivity index (χ1n) is 6.32. The van der Waals surface area contributed by atoms with E-state index < -0.39 is 0 Å². The summed E-state index contributed by atoms with van der Waals surface area (Å²) in [5.74, 6) is 1.19. The number of aromatic hydroxyl groups is 1. The van der Waals surface area contributed by atoms with Gasteiger partial charge in [0.25, 0.3) is 0 Å². The minimum absolute atomic E-state index is 0.157. The molecule has 2 aromatic carbocycles. The molecule has 0 fully saturated rings. The van der Waals surface area contributed by atoms with Crippen LogP contribution in [0.1, 0.15) is 18.1 Å². The molecule has 0 amide bonds. The van der Waals surface area contributed by atoms with Gasteiger partial charge < -0.3 is 0 Å². The van der Waals surface area contributed by atoms with Crippen molar-refractivity contribution >= 4 is 19.4 Å². The fourth-order valence-electron chi connectivity index (χ4n) is 2.41. The standard InChI is InChI=1S/C16H16O2Se/c1-11-14(17)9-8-12-10-16(2,18-15(11)12)19-13-6-4-3-5-7-13/h3-9,17H,10H2,1-2H3. The van der Waals surface area contributed by atoms with E-state index in [4.69, 9.17) is 4.74 Å². The zero-order valence-corrected chi connectivity index (χ0v) is 12.7. The van der Waals surface area contributed by atoms with Gasteiger partial charge in [0.15, 0.2) is 0 Å². The summed E-state index contributed by atoms with van der Waals surface area (Å²) in [6, 6.07) is 14.2. The van der Waals surface area contributed by atoms with Gasteiger partial charge in [0.05, 0.1) is 0 Å². The fraction of sp³-hybridized carbons (Fsp3) is 0.250. The molecular weight excluding hydrogens is 303 g/mol. The summed E-state index contributed by atoms with van der Waals surface area (Å²) in [6.07, 6.45) is 0.915. The van der Waals surface area contributed by atoms with E-state index in [-0.39, 0.29) is 19.5 Å². The van der Waals surface area contributed by atoms with Gasteiger partial charge in [0.2, 0.25) is 0 Å². The monoisotopic (exact) mass is 320 g/mol. The topological polar surface area (TPSA) is 29.5 Å². The van der Waals surface area contributed by atoms with Crippen LogP contribution in [0.15, 0.2) is 42.5 Å². The first kappa shape index (κ1) is 12.6. The number of hydrogen-bond donors (Lipinski definition) is 1. The summed E-state index contributed by atoms with van der Waals surface area (Å²) in [4.78, 5) is 0. The number of fused-ring (bicyclic) bond motifs is 1. The molecule has 2 aromatic rings. The molecule has 0 saturated carbocycles. The van der Waals surface area contributed by atoms with E-state index >= 15 is 0 Å². The number of rotatable bonds is 2. The van der Waals surface area contributed by atoms with E-state index in [0.29, 0.717) is 5.75 Å². The molecule has 98 valence electrons. The van der Waals surface area contributed by atoms with Crippen molar-refractivity contribution in [2.45, 2.75) is 24.8 Å². The summed E-state index contributed by atoms with van der Waals surface area (Å²) in [5, 5.41) is 9.77. The third-order valence-electron chi connectivity index (χ3n) is 3.37. The normalized spacial score (nSPS) is 20.9. The Hall–Kier alpha value is -1.44. The summed E-state index contributed by atoms with van der Waals surface area (Å²) < 4.78 is 7.36. The van der Waals surface area contributed by atoms with Crippen LogP contribution >= 0.6 is 0 Å². The van der Waals surface area contributed by atoms with Crippen LogP contribution in [0.3, 0.4) is 0 Å². The van der Waals surface area contributed by atoms with E-state index in [1.807, 2.05) is 19.1 Å². The van der Waals surface area contributed by atoms with E-state index in [0.717, 1.165) is 17.7 Å². The van der Waals surface area contributed by atoms with Crippen molar-refractivity contribution in [1.29, 1.82) is 0 Å². The number of phenolic OH excluding ortho intramolecular Hbond substituents is 1. The van der Waals surface area contributed by atoms with Crippen molar-refractivity contribution < 1.29 is 9.84 Å². The minimum atomic E-state index is -0.157. The molecule has 0 aliphatic carbocycles. The molecule has 1 heterocycles. The van der Waals surface area contributed by atoms with Crippen molar-refractivity contribution in [1.82, 2.24) is 0 Å². The summed E-state index contributed by atoms with van der Waals surface area (Å²) in [6.45, 7) is 4.08. The predicted molar refractivity (Wildman–Crippen MR) is 77.4 cm³/mol. The van der Waals surface area contributed by atoms with Crippen LogP contribution in [0.2, 0.25) is 0 Å². The Kier molecular flexibility index (Phi) is 3.04. The number of hydrogen-bond acceptors (Lipinski definition) is 2. The zero-order valence-electron chi connectivity index (χ0n) is 11.0. The van der Waals surface area contributed by atoms with Crippen molar-refractivity contribution in [3.63, 3.8) is 0 Å². The number of benzene rings is 2. The van der Waals surface area contributed by atoms with Gasteiger partial charge in [-0.1, -0.05) is 0 Å². The molecule has 2 nitrogen and oxygen atoms in total. The third kappa shape index (κ3) is 2.36. The second-order valence-corrected chi connectivity index (χ2v) is 8.25. The molecule has 1 aliphatic heterocycles. The number of phenols is 1. The van der Waals surface area contributed by atoms with Gasteiger partial charge in [0, 0.05) is 0 Å². The van der Waals surface area contributed by atoms with E-state index in [1.54, 1.807) is 6.07 Å². The molecule has 3 heteroatoms. The van der Waals surface area contributed by atoms with Gasteiger partial charge in [-0.15, -0.1) is 0 Å². The summed E-state index contributed by atoms with van der Waals surface area (Å²) >= 11 is 0.245. The molecule has 0 spiro atoms. The van der Waals surface area contributed by atoms with Gasteiger partial charge in [0.1, 0.15) is 0 Å². The quantitative estimate of drug-likeness (QED) is 0.861. The van der Waals surface area contributed by atoms with Crippen LogP contribution in [0.5, 0.6) is 11.5 Å². The van der Waals surface area contributed by atoms with Crippen LogP contribution in [-0.4, -0.2) is 24.6 Å². The second-order valence-electron chi connectivity index (χ2n) is 5.03. The van der Waals surface area contributed by atoms with Gasteiger partial charge in [-0.25, -0.2) is 0 Å². The summed E-state index contributed by atoms with van der Waals surface area (Å²) in [7, 11) is 0. The van der Waals surface area contributed by atoms with Crippen LogP contribution in [0.25, 0.3) is 0 Å². The predicted octanol–water partition coefficient (Wildman–Crippen LogP) is 2.38. The Balaban J connectivity index is 1.88. The van der Waals surface area contributed by atoms with Crippen LogP contribution in [0.4, 0.5) is 0 Å². The molecule has 0 radical (unpaired) electrons. The maximum atomic E-state index is 9.77. The van der Waals surface area contributed by atoms with Crippen LogP contribution in [0, 0.1) is 6.92 Å². The molecule has 0 aromatic heterocycles. The molecular formula is C16H16O2Se. The molecule has 19 heavy (non-hydrogen) atoms. The van der Waals surface area contributed by atoms with Crippen LogP contribution < -0.4 is 9.20 Å². The average molecular weight is 319 g/mol. The molecule has 1 atom stereocenters. The molecule has 0 bridgehead atoms. The Morgan fingerprint density at radius 1 is 1.16 bits per heavy atom. The molecule has 1 unspecified atom stereocenters. The zero-order chi connectivity index (χ0) is 13.5. The van der Waals surface area contributed by atoms with Crippen molar-refractivity contribution in [3.8, 4) is 11.5 Å². The molecule has 1 N–H and O–H groups in total. The third-order valence-corrected chi connectivity index (χ3v) is 5.81. The van der Waals surface area contributed by atoms with Crippen molar-refractivity contribution in [2.75, 3.05) is 0 Å². The fourth-order valence-corrected chi connectivity index (χ4v) is 4.81. The van der Waals surface area contributed by atoms with Gasteiger partial charge in [-0.2, -0.15) is 0 Å². The maximum absolute atomic E-state index is 9.77. The molecule has 1 aliphatic rings. The Bertz CT molecular complexity index is 610. The van der Waals surface area contributed by atoms with Gasteiger partial charge >= 0.3 is 119 Å². The molecule has 3 rings (SSSR count). The Morgan fingerprint density at radius 2 is 1.89 bits per heavy atom. The average Bonchev–Trinajstić information content (AvgIpc) is 2.73. The van der Waals surface area contributed by atoms with Crippen molar-refractivity contribution in [2.24, 2.45) is 0 Å². The number of ether oxygens (including phenoxy) is 1. The van der Waals surface area contributed by atoms with Gasteiger partial charge in [-0.05, 0) is 0 Å². The Labute approximate surface area is 119 Å². The second kappa shape index (κ2) is 4.59. The van der Waals surface area contributed by atoms with E-state index in [9.17, 15) is 5.11 Å². The molecule has 0 saturated heterocycles. The van der Waals surface area contributed by atoms with Crippen molar-refractivity contribution in [3.05, 3.63) is 53.6 Å². The van der Waals surface area contributed by atoms with Gasteiger partial charge in [-0.3, -0.25) is 0 Å². The van der Waals surface area contributed by atoms with E-state index in [2.05, 4.69) is 31.2 Å².